The van der Waals surface area contributed by atoms with Gasteiger partial charge in [-0.15, -0.1) is 10.2 Å². The van der Waals surface area contributed by atoms with Gasteiger partial charge in [-0.3, -0.25) is 14.9 Å². The smallest absolute Gasteiger partial charge is 0.277 e. The number of non-ortho nitro benzene ring substituents is 1. The molecule has 1 aromatic heterocycles. The largest absolute Gasteiger partial charge is 0.411 e. The monoisotopic (exact) mass is 370 g/mol. The summed E-state index contributed by atoms with van der Waals surface area (Å²) in [6.45, 7) is 1.68. The number of nitro benzene ring substituents is 1. The molecule has 0 saturated carbocycles. The first-order chi connectivity index (χ1) is 12.5. The number of aromatic nitrogens is 2. The van der Waals surface area contributed by atoms with Gasteiger partial charge in [-0.05, 0) is 25.1 Å². The third kappa shape index (κ3) is 4.25. The third-order valence-corrected chi connectivity index (χ3v) is 4.33. The topological polar surface area (TPSA) is 111 Å². The molecule has 2 aromatic carbocycles. The van der Waals surface area contributed by atoms with E-state index in [0.717, 1.165) is 17.3 Å². The van der Waals surface area contributed by atoms with Crippen LogP contribution in [0.3, 0.4) is 0 Å². The van der Waals surface area contributed by atoms with Crippen LogP contribution in [0.2, 0.25) is 0 Å². The Hall–Kier alpha value is -3.20. The zero-order chi connectivity index (χ0) is 18.5. The van der Waals surface area contributed by atoms with Gasteiger partial charge in [0.05, 0.1) is 10.2 Å². The van der Waals surface area contributed by atoms with Crippen molar-refractivity contribution >= 4 is 29.0 Å². The van der Waals surface area contributed by atoms with Gasteiger partial charge in [0.2, 0.25) is 11.8 Å². The zero-order valence-corrected chi connectivity index (χ0v) is 14.5. The van der Waals surface area contributed by atoms with Crippen LogP contribution in [0.5, 0.6) is 0 Å². The second-order valence-electron chi connectivity index (χ2n) is 5.30. The average molecular weight is 370 g/mol. The highest BCUT2D eigenvalue weighted by Crippen LogP contribution is 2.27. The highest BCUT2D eigenvalue weighted by atomic mass is 32.2. The molecule has 0 spiro atoms. The number of amides is 1. The Balaban J connectivity index is 1.64. The number of hydrogen-bond donors (Lipinski definition) is 1. The summed E-state index contributed by atoms with van der Waals surface area (Å²) in [5, 5.41) is 21.1. The summed E-state index contributed by atoms with van der Waals surface area (Å²) >= 11 is 1.11. The quantitative estimate of drug-likeness (QED) is 0.399. The molecule has 0 saturated heterocycles. The molecule has 0 aliphatic carbocycles. The van der Waals surface area contributed by atoms with E-state index in [1.807, 2.05) is 30.3 Å². The fraction of sp³-hybridized carbons (Fsp3) is 0.118. The minimum Gasteiger partial charge on any atom is -0.411 e. The predicted molar refractivity (Wildman–Crippen MR) is 96.8 cm³/mol. The van der Waals surface area contributed by atoms with Crippen molar-refractivity contribution in [2.24, 2.45) is 0 Å². The fourth-order valence-corrected chi connectivity index (χ4v) is 2.78. The molecule has 3 rings (SSSR count). The van der Waals surface area contributed by atoms with Gasteiger partial charge in [0.15, 0.2) is 0 Å². The molecule has 8 nitrogen and oxygen atoms in total. The molecule has 1 heterocycles. The molecule has 1 atom stereocenters. The van der Waals surface area contributed by atoms with E-state index < -0.39 is 10.2 Å². The molecule has 1 N–H and O–H groups in total. The normalized spacial score (nSPS) is 11.7. The first-order valence-electron chi connectivity index (χ1n) is 7.64. The number of benzene rings is 2. The van der Waals surface area contributed by atoms with Crippen molar-refractivity contribution in [3.8, 4) is 11.5 Å². The molecule has 0 aliphatic rings. The van der Waals surface area contributed by atoms with Crippen LogP contribution in [0.25, 0.3) is 11.5 Å². The maximum Gasteiger partial charge on any atom is 0.277 e. The Bertz CT molecular complexity index is 929. The molecule has 3 aromatic rings. The van der Waals surface area contributed by atoms with E-state index in [2.05, 4.69) is 15.5 Å². The van der Waals surface area contributed by atoms with E-state index in [0.29, 0.717) is 11.6 Å². The summed E-state index contributed by atoms with van der Waals surface area (Å²) in [5.74, 6) is 0.0503. The van der Waals surface area contributed by atoms with Gasteiger partial charge in [0.25, 0.3) is 10.9 Å². The maximum atomic E-state index is 12.3. The van der Waals surface area contributed by atoms with Crippen LogP contribution in [-0.2, 0) is 4.79 Å². The number of nitrogens with zero attached hydrogens (tertiary/aromatic N) is 3. The molecule has 132 valence electrons. The second-order valence-corrected chi connectivity index (χ2v) is 6.59. The third-order valence-electron chi connectivity index (χ3n) is 3.40. The van der Waals surface area contributed by atoms with Crippen molar-refractivity contribution < 1.29 is 14.1 Å². The van der Waals surface area contributed by atoms with Gasteiger partial charge in [-0.1, -0.05) is 36.0 Å². The lowest BCUT2D eigenvalue weighted by Crippen LogP contribution is -2.22. The Labute approximate surface area is 152 Å². The van der Waals surface area contributed by atoms with Gasteiger partial charge in [-0.2, -0.15) is 0 Å². The van der Waals surface area contributed by atoms with Crippen molar-refractivity contribution in [2.75, 3.05) is 5.32 Å². The summed E-state index contributed by atoms with van der Waals surface area (Å²) in [5.41, 5.74) is 1.06. The van der Waals surface area contributed by atoms with Gasteiger partial charge in [0.1, 0.15) is 0 Å². The van der Waals surface area contributed by atoms with E-state index in [1.54, 1.807) is 13.0 Å². The van der Waals surface area contributed by atoms with Gasteiger partial charge in [0, 0.05) is 23.4 Å². The van der Waals surface area contributed by atoms with Crippen molar-refractivity contribution in [1.82, 2.24) is 10.2 Å². The Morgan fingerprint density at radius 2 is 1.96 bits per heavy atom. The Kier molecular flexibility index (Phi) is 5.28. The van der Waals surface area contributed by atoms with E-state index in [9.17, 15) is 14.9 Å². The molecule has 9 heteroatoms. The van der Waals surface area contributed by atoms with Crippen molar-refractivity contribution in [3.63, 3.8) is 0 Å². The first kappa shape index (κ1) is 17.6. The zero-order valence-electron chi connectivity index (χ0n) is 13.7. The molecule has 0 aliphatic heterocycles. The van der Waals surface area contributed by atoms with Crippen molar-refractivity contribution in [1.29, 1.82) is 0 Å². The van der Waals surface area contributed by atoms with Crippen LogP contribution >= 0.6 is 11.8 Å². The first-order valence-corrected chi connectivity index (χ1v) is 8.52. The average Bonchev–Trinajstić information content (AvgIpc) is 3.11. The van der Waals surface area contributed by atoms with Gasteiger partial charge in [-0.25, -0.2) is 0 Å². The van der Waals surface area contributed by atoms with Crippen LogP contribution in [0, 0.1) is 10.1 Å². The lowest BCUT2D eigenvalue weighted by Gasteiger charge is -2.09. The standard InChI is InChI=1S/C17H14N4O4S/c1-11(15(22)18-13-8-5-9-14(10-13)21(23)24)26-17-20-19-16(25-17)12-6-3-2-4-7-12/h2-11H,1H3,(H,18,22). The number of carbonyl (C=O) groups excluding carboxylic acids is 1. The minimum absolute atomic E-state index is 0.0903. The predicted octanol–water partition coefficient (Wildman–Crippen LogP) is 3.76. The second kappa shape index (κ2) is 7.79. The number of carbonyl (C=O) groups is 1. The number of rotatable bonds is 6. The molecular weight excluding hydrogens is 356 g/mol. The fourth-order valence-electron chi connectivity index (χ4n) is 2.10. The van der Waals surface area contributed by atoms with Crippen molar-refractivity contribution in [3.05, 3.63) is 64.7 Å². The van der Waals surface area contributed by atoms with Gasteiger partial charge >= 0.3 is 0 Å². The van der Waals surface area contributed by atoms with E-state index >= 15 is 0 Å². The van der Waals surface area contributed by atoms with Crippen LogP contribution in [0.1, 0.15) is 6.92 Å². The van der Waals surface area contributed by atoms with Crippen LogP contribution in [-0.4, -0.2) is 26.3 Å². The number of hydrogen-bond acceptors (Lipinski definition) is 7. The van der Waals surface area contributed by atoms with Crippen molar-refractivity contribution in [2.45, 2.75) is 17.4 Å². The summed E-state index contributed by atoms with van der Waals surface area (Å²) in [6.07, 6.45) is 0. The van der Waals surface area contributed by atoms with Crippen LogP contribution in [0.15, 0.2) is 64.2 Å². The number of anilines is 1. The Morgan fingerprint density at radius 1 is 1.19 bits per heavy atom. The van der Waals surface area contributed by atoms with E-state index in [4.69, 9.17) is 4.42 Å². The molecule has 1 unspecified atom stereocenters. The number of thioether (sulfide) groups is 1. The van der Waals surface area contributed by atoms with Crippen LogP contribution < -0.4 is 5.32 Å². The summed E-state index contributed by atoms with van der Waals surface area (Å²) < 4.78 is 5.56. The summed E-state index contributed by atoms with van der Waals surface area (Å²) in [6, 6.07) is 15.1. The molecule has 26 heavy (non-hydrogen) atoms. The lowest BCUT2D eigenvalue weighted by molar-refractivity contribution is -0.384. The SMILES string of the molecule is CC(Sc1nnc(-c2ccccc2)o1)C(=O)Nc1cccc([N+](=O)[O-])c1. The number of nitrogens with one attached hydrogen (secondary N) is 1. The highest BCUT2D eigenvalue weighted by Gasteiger charge is 2.19. The molecule has 1 amide bonds. The number of nitro groups is 1. The highest BCUT2D eigenvalue weighted by molar-refractivity contribution is 8.00. The van der Waals surface area contributed by atoms with Crippen LogP contribution in [0.4, 0.5) is 11.4 Å². The molecule has 0 bridgehead atoms. The Morgan fingerprint density at radius 3 is 2.69 bits per heavy atom. The van der Waals surface area contributed by atoms with E-state index in [1.165, 1.54) is 18.2 Å². The molecule has 0 fully saturated rings. The molecule has 0 radical (unpaired) electrons. The van der Waals surface area contributed by atoms with Gasteiger partial charge < -0.3 is 9.73 Å². The minimum atomic E-state index is -0.529. The lowest BCUT2D eigenvalue weighted by atomic mass is 10.2. The van der Waals surface area contributed by atoms with E-state index in [-0.39, 0.29) is 16.8 Å². The summed E-state index contributed by atoms with van der Waals surface area (Å²) in [7, 11) is 0. The molecular formula is C17H14N4O4S. The maximum absolute atomic E-state index is 12.3. The summed E-state index contributed by atoms with van der Waals surface area (Å²) in [4.78, 5) is 22.6.